The quantitative estimate of drug-likeness (QED) is 0.668. The molecule has 8 nitrogen and oxygen atoms in total. The Hall–Kier alpha value is -1.19. The van der Waals surface area contributed by atoms with Gasteiger partial charge in [0.05, 0.1) is 19.1 Å². The van der Waals surface area contributed by atoms with Gasteiger partial charge < -0.3 is 14.7 Å². The minimum atomic E-state index is -3.63. The summed E-state index contributed by atoms with van der Waals surface area (Å²) in [5.41, 5.74) is 0. The minimum Gasteiger partial charge on any atom is -0.481 e. The van der Waals surface area contributed by atoms with Gasteiger partial charge in [0.25, 0.3) is 0 Å². The van der Waals surface area contributed by atoms with E-state index in [-0.39, 0.29) is 26.1 Å². The summed E-state index contributed by atoms with van der Waals surface area (Å²) in [4.78, 5) is 24.1. The molecule has 1 aliphatic rings. The second-order valence-corrected chi connectivity index (χ2v) is 6.74. The van der Waals surface area contributed by atoms with Crippen LogP contribution in [0.3, 0.4) is 0 Å². The van der Waals surface area contributed by atoms with Gasteiger partial charge in [-0.1, -0.05) is 13.8 Å². The molecule has 0 spiro atoms. The normalized spacial score (nSPS) is 19.8. The fourth-order valence-corrected chi connectivity index (χ4v) is 3.68. The van der Waals surface area contributed by atoms with Crippen LogP contribution in [0, 0.1) is 0 Å². The predicted molar refractivity (Wildman–Crippen MR) is 75.3 cm³/mol. The summed E-state index contributed by atoms with van der Waals surface area (Å²) in [6, 6.07) is 0. The van der Waals surface area contributed by atoms with Crippen LogP contribution < -0.4 is 0 Å². The molecule has 0 unspecified atom stereocenters. The SMILES string of the molecule is CCN(CC)S(=O)(=O)CC(=O)N1CCO[C@H](CC(=O)O)C1. The summed E-state index contributed by atoms with van der Waals surface area (Å²) in [7, 11) is -3.63. The van der Waals surface area contributed by atoms with Gasteiger partial charge in [-0.15, -0.1) is 0 Å². The third kappa shape index (κ3) is 5.25. The third-order valence-electron chi connectivity index (χ3n) is 3.30. The molecule has 1 rings (SSSR count). The lowest BCUT2D eigenvalue weighted by Gasteiger charge is -2.32. The van der Waals surface area contributed by atoms with Gasteiger partial charge in [-0.2, -0.15) is 0 Å². The van der Waals surface area contributed by atoms with Crippen molar-refractivity contribution in [1.29, 1.82) is 0 Å². The van der Waals surface area contributed by atoms with Crippen molar-refractivity contribution in [3.63, 3.8) is 0 Å². The van der Waals surface area contributed by atoms with Crippen molar-refractivity contribution >= 4 is 21.9 Å². The van der Waals surface area contributed by atoms with Crippen molar-refractivity contribution < 1.29 is 27.9 Å². The molecule has 1 atom stereocenters. The van der Waals surface area contributed by atoms with Gasteiger partial charge in [0.2, 0.25) is 15.9 Å². The van der Waals surface area contributed by atoms with Crippen LogP contribution in [-0.4, -0.2) is 79.2 Å². The van der Waals surface area contributed by atoms with Crippen LogP contribution in [0.25, 0.3) is 0 Å². The fraction of sp³-hybridized carbons (Fsp3) is 0.833. The number of hydrogen-bond acceptors (Lipinski definition) is 5. The number of carbonyl (C=O) groups is 2. The first-order valence-electron chi connectivity index (χ1n) is 6.89. The van der Waals surface area contributed by atoms with E-state index in [9.17, 15) is 18.0 Å². The Kier molecular flexibility index (Phi) is 6.56. The number of morpholine rings is 1. The summed E-state index contributed by atoms with van der Waals surface area (Å²) in [5, 5.41) is 8.73. The highest BCUT2D eigenvalue weighted by molar-refractivity contribution is 7.89. The molecule has 0 bridgehead atoms. The highest BCUT2D eigenvalue weighted by atomic mass is 32.2. The van der Waals surface area contributed by atoms with Gasteiger partial charge in [-0.05, 0) is 0 Å². The molecule has 1 aliphatic heterocycles. The number of hydrogen-bond donors (Lipinski definition) is 1. The average Bonchev–Trinajstić information content (AvgIpc) is 2.38. The number of carbonyl (C=O) groups excluding carboxylic acids is 1. The van der Waals surface area contributed by atoms with Crippen molar-refractivity contribution in [2.24, 2.45) is 0 Å². The fourth-order valence-electron chi connectivity index (χ4n) is 2.22. The molecule has 0 aromatic heterocycles. The van der Waals surface area contributed by atoms with Gasteiger partial charge >= 0.3 is 5.97 Å². The molecule has 1 saturated heterocycles. The molecule has 0 aliphatic carbocycles. The first-order chi connectivity index (χ1) is 9.80. The van der Waals surface area contributed by atoms with E-state index in [1.807, 2.05) is 0 Å². The van der Waals surface area contributed by atoms with E-state index in [0.29, 0.717) is 13.1 Å². The van der Waals surface area contributed by atoms with Gasteiger partial charge in [-0.25, -0.2) is 12.7 Å². The number of carboxylic acids is 1. The maximum Gasteiger partial charge on any atom is 0.306 e. The van der Waals surface area contributed by atoms with Gasteiger partial charge in [0, 0.05) is 26.2 Å². The van der Waals surface area contributed by atoms with E-state index in [2.05, 4.69) is 0 Å². The summed E-state index contributed by atoms with van der Waals surface area (Å²) < 4.78 is 30.6. The summed E-state index contributed by atoms with van der Waals surface area (Å²) in [6.07, 6.45) is -0.789. The predicted octanol–water partition coefficient (Wildman–Crippen LogP) is -0.640. The summed E-state index contributed by atoms with van der Waals surface area (Å²) >= 11 is 0. The topological polar surface area (TPSA) is 104 Å². The van der Waals surface area contributed by atoms with Crippen molar-refractivity contribution in [2.75, 3.05) is 38.5 Å². The Morgan fingerprint density at radius 3 is 2.48 bits per heavy atom. The Morgan fingerprint density at radius 2 is 1.95 bits per heavy atom. The minimum absolute atomic E-state index is 0.110. The van der Waals surface area contributed by atoms with E-state index in [1.165, 1.54) is 9.21 Å². The van der Waals surface area contributed by atoms with E-state index in [4.69, 9.17) is 9.84 Å². The van der Waals surface area contributed by atoms with Crippen LogP contribution in [0.2, 0.25) is 0 Å². The largest absolute Gasteiger partial charge is 0.481 e. The molecule has 9 heteroatoms. The van der Waals surface area contributed by atoms with Crippen LogP contribution >= 0.6 is 0 Å². The van der Waals surface area contributed by atoms with Crippen molar-refractivity contribution in [3.05, 3.63) is 0 Å². The Balaban J connectivity index is 2.64. The molecule has 1 heterocycles. The van der Waals surface area contributed by atoms with Crippen molar-refractivity contribution in [3.8, 4) is 0 Å². The molecule has 0 radical (unpaired) electrons. The van der Waals surface area contributed by atoms with Crippen molar-refractivity contribution in [1.82, 2.24) is 9.21 Å². The van der Waals surface area contributed by atoms with E-state index < -0.39 is 33.8 Å². The zero-order valence-electron chi connectivity index (χ0n) is 12.3. The van der Waals surface area contributed by atoms with Crippen LogP contribution in [0.1, 0.15) is 20.3 Å². The number of aliphatic carboxylic acids is 1. The van der Waals surface area contributed by atoms with Gasteiger partial charge in [0.15, 0.2) is 0 Å². The maximum atomic E-state index is 12.1. The Bertz CT molecular complexity index is 474. The van der Waals surface area contributed by atoms with Crippen LogP contribution in [0.5, 0.6) is 0 Å². The van der Waals surface area contributed by atoms with Crippen LogP contribution in [-0.2, 0) is 24.3 Å². The van der Waals surface area contributed by atoms with Crippen molar-refractivity contribution in [2.45, 2.75) is 26.4 Å². The second-order valence-electron chi connectivity index (χ2n) is 4.77. The van der Waals surface area contributed by atoms with Crippen LogP contribution in [0.4, 0.5) is 0 Å². The van der Waals surface area contributed by atoms with E-state index >= 15 is 0 Å². The lowest BCUT2D eigenvalue weighted by atomic mass is 10.2. The monoisotopic (exact) mass is 322 g/mol. The summed E-state index contributed by atoms with van der Waals surface area (Å²) in [5.74, 6) is -2.11. The zero-order chi connectivity index (χ0) is 16.0. The number of carboxylic acid groups (broad SMARTS) is 1. The molecule has 1 amide bonds. The van der Waals surface area contributed by atoms with Gasteiger partial charge in [-0.3, -0.25) is 9.59 Å². The number of sulfonamides is 1. The van der Waals surface area contributed by atoms with E-state index in [0.717, 1.165) is 0 Å². The zero-order valence-corrected chi connectivity index (χ0v) is 13.1. The summed E-state index contributed by atoms with van der Waals surface area (Å²) in [6.45, 7) is 4.66. The molecule has 1 N–H and O–H groups in total. The first-order valence-corrected chi connectivity index (χ1v) is 8.50. The molecule has 0 aromatic carbocycles. The van der Waals surface area contributed by atoms with E-state index in [1.54, 1.807) is 13.8 Å². The lowest BCUT2D eigenvalue weighted by molar-refractivity contribution is -0.146. The Labute approximate surface area is 124 Å². The smallest absolute Gasteiger partial charge is 0.306 e. The molecular weight excluding hydrogens is 300 g/mol. The average molecular weight is 322 g/mol. The van der Waals surface area contributed by atoms with Crippen LogP contribution in [0.15, 0.2) is 0 Å². The number of nitrogens with zero attached hydrogens (tertiary/aromatic N) is 2. The lowest BCUT2D eigenvalue weighted by Crippen LogP contribution is -2.49. The third-order valence-corrected chi connectivity index (χ3v) is 5.21. The molecule has 122 valence electrons. The maximum absolute atomic E-state index is 12.1. The molecule has 0 saturated carbocycles. The molecule has 21 heavy (non-hydrogen) atoms. The molecule has 1 fully saturated rings. The number of ether oxygens (including phenoxy) is 1. The number of amides is 1. The molecular formula is C12H22N2O6S. The highest BCUT2D eigenvalue weighted by Gasteiger charge is 2.30. The first kappa shape index (κ1) is 17.9. The standard InChI is InChI=1S/C12H22N2O6S/c1-3-14(4-2)21(18,19)9-11(15)13-5-6-20-10(8-13)7-12(16)17/h10H,3-9H2,1-2H3,(H,16,17)/t10-/m1/s1. The number of rotatable bonds is 7. The molecule has 0 aromatic rings. The van der Waals surface area contributed by atoms with Gasteiger partial charge in [0.1, 0.15) is 5.75 Å². The second kappa shape index (κ2) is 7.71. The highest BCUT2D eigenvalue weighted by Crippen LogP contribution is 2.11. The Morgan fingerprint density at radius 1 is 1.33 bits per heavy atom.